The summed E-state index contributed by atoms with van der Waals surface area (Å²) in [5.74, 6) is -0.246. The number of carbonyl (C=O) groups excluding carboxylic acids is 4. The highest BCUT2D eigenvalue weighted by Gasteiger charge is 2.39. The summed E-state index contributed by atoms with van der Waals surface area (Å²) in [6.07, 6.45) is 3.32. The molecular weight excluding hydrogens is 336 g/mol. The van der Waals surface area contributed by atoms with Crippen LogP contribution in [-0.2, 0) is 20.9 Å². The number of benzene rings is 1. The fourth-order valence-corrected chi connectivity index (χ4v) is 3.86. The molecule has 1 aliphatic carbocycles. The summed E-state index contributed by atoms with van der Waals surface area (Å²) in [6.45, 7) is 0.302. The van der Waals surface area contributed by atoms with E-state index >= 15 is 0 Å². The molecule has 0 aromatic heterocycles. The van der Waals surface area contributed by atoms with E-state index in [1.54, 1.807) is 18.2 Å². The third-order valence-electron chi connectivity index (χ3n) is 5.27. The lowest BCUT2D eigenvalue weighted by Crippen LogP contribution is -2.52. The quantitative estimate of drug-likeness (QED) is 0.825. The van der Waals surface area contributed by atoms with Crippen LogP contribution < -0.4 is 10.1 Å². The smallest absolute Gasteiger partial charge is 0.255 e. The molecule has 3 amide bonds. The number of Topliss-reactive ketones (excluding diaryl/α,β-unsaturated/α-hetero) is 1. The highest BCUT2D eigenvalue weighted by Crippen LogP contribution is 2.31. The largest absolute Gasteiger partial charge is 0.483 e. The van der Waals surface area contributed by atoms with Gasteiger partial charge in [-0.2, -0.15) is 0 Å². The Balaban J connectivity index is 1.50. The Kier molecular flexibility index (Phi) is 4.22. The van der Waals surface area contributed by atoms with Gasteiger partial charge in [0.2, 0.25) is 11.8 Å². The summed E-state index contributed by atoms with van der Waals surface area (Å²) < 4.78 is 5.84. The number of fused-ring (bicyclic) bond motifs is 1. The number of hydrogen-bond donors (Lipinski definition) is 1. The van der Waals surface area contributed by atoms with Crippen LogP contribution in [0, 0.1) is 0 Å². The molecular formula is C19H20N2O5. The summed E-state index contributed by atoms with van der Waals surface area (Å²) >= 11 is 0. The first kappa shape index (κ1) is 16.8. The summed E-state index contributed by atoms with van der Waals surface area (Å²) in [7, 11) is 0. The highest BCUT2D eigenvalue weighted by molar-refractivity contribution is 6.05. The van der Waals surface area contributed by atoms with E-state index in [1.165, 1.54) is 4.90 Å². The Morgan fingerprint density at radius 1 is 1.04 bits per heavy atom. The van der Waals surface area contributed by atoms with Crippen LogP contribution in [0.3, 0.4) is 0 Å². The van der Waals surface area contributed by atoms with Crippen molar-refractivity contribution < 1.29 is 23.9 Å². The van der Waals surface area contributed by atoms with Crippen molar-refractivity contribution in [3.63, 3.8) is 0 Å². The Morgan fingerprint density at radius 3 is 2.65 bits per heavy atom. The van der Waals surface area contributed by atoms with Crippen LogP contribution in [0.15, 0.2) is 18.2 Å². The number of nitrogens with zero attached hydrogens (tertiary/aromatic N) is 1. The van der Waals surface area contributed by atoms with Gasteiger partial charge in [0.15, 0.2) is 11.9 Å². The molecule has 1 saturated carbocycles. The third-order valence-corrected chi connectivity index (χ3v) is 5.27. The maximum Gasteiger partial charge on any atom is 0.255 e. The average molecular weight is 356 g/mol. The van der Waals surface area contributed by atoms with Gasteiger partial charge >= 0.3 is 0 Å². The second-order valence-electron chi connectivity index (χ2n) is 7.04. The van der Waals surface area contributed by atoms with Crippen molar-refractivity contribution in [3.8, 4) is 5.75 Å². The molecule has 3 aliphatic rings. The molecule has 1 aromatic carbocycles. The molecule has 2 fully saturated rings. The van der Waals surface area contributed by atoms with Crippen LogP contribution in [0.25, 0.3) is 0 Å². The third kappa shape index (κ3) is 2.98. The van der Waals surface area contributed by atoms with Gasteiger partial charge in [-0.1, -0.05) is 0 Å². The lowest BCUT2D eigenvalue weighted by atomic mass is 9.96. The fourth-order valence-electron chi connectivity index (χ4n) is 3.86. The zero-order valence-electron chi connectivity index (χ0n) is 14.3. The first-order valence-corrected chi connectivity index (χ1v) is 9.00. The molecule has 136 valence electrons. The number of rotatable bonds is 3. The second-order valence-corrected chi connectivity index (χ2v) is 7.04. The number of nitrogens with one attached hydrogen (secondary N) is 1. The van der Waals surface area contributed by atoms with Gasteiger partial charge in [-0.15, -0.1) is 0 Å². The molecule has 1 aromatic rings. The Labute approximate surface area is 150 Å². The topological polar surface area (TPSA) is 92.8 Å². The summed E-state index contributed by atoms with van der Waals surface area (Å²) in [6, 6.07) is 4.54. The lowest BCUT2D eigenvalue weighted by Gasteiger charge is -2.29. The van der Waals surface area contributed by atoms with Gasteiger partial charge in [0.05, 0.1) is 0 Å². The lowest BCUT2D eigenvalue weighted by molar-refractivity contribution is -0.137. The van der Waals surface area contributed by atoms with Crippen molar-refractivity contribution >= 4 is 23.5 Å². The van der Waals surface area contributed by atoms with Crippen LogP contribution in [0.2, 0.25) is 0 Å². The summed E-state index contributed by atoms with van der Waals surface area (Å²) in [4.78, 5) is 49.5. The van der Waals surface area contributed by atoms with E-state index in [2.05, 4.69) is 5.32 Å². The number of hydrogen-bond acceptors (Lipinski definition) is 5. The van der Waals surface area contributed by atoms with Crippen molar-refractivity contribution in [2.75, 3.05) is 0 Å². The molecule has 0 spiro atoms. The molecule has 4 rings (SSSR count). The van der Waals surface area contributed by atoms with Gasteiger partial charge in [0.25, 0.3) is 5.91 Å². The SMILES string of the molecule is O=C1CCC(N2Cc3cc(OC4CCCCC4=O)ccc3C2=O)C(=O)N1. The van der Waals surface area contributed by atoms with E-state index in [4.69, 9.17) is 4.74 Å². The normalized spacial score (nSPS) is 25.9. The van der Waals surface area contributed by atoms with Crippen molar-refractivity contribution in [1.29, 1.82) is 0 Å². The predicted octanol–water partition coefficient (Wildman–Crippen LogP) is 1.34. The monoisotopic (exact) mass is 356 g/mol. The Bertz CT molecular complexity index is 803. The molecule has 7 nitrogen and oxygen atoms in total. The van der Waals surface area contributed by atoms with Gasteiger partial charge in [0, 0.05) is 24.9 Å². The first-order chi connectivity index (χ1) is 12.5. The van der Waals surface area contributed by atoms with Crippen molar-refractivity contribution in [3.05, 3.63) is 29.3 Å². The average Bonchev–Trinajstić information content (AvgIpc) is 2.93. The Hall–Kier alpha value is -2.70. The number of ether oxygens (including phenoxy) is 1. The van der Waals surface area contributed by atoms with Gasteiger partial charge in [-0.05, 0) is 49.4 Å². The van der Waals surface area contributed by atoms with Crippen LogP contribution in [0.5, 0.6) is 5.75 Å². The summed E-state index contributed by atoms with van der Waals surface area (Å²) in [5.41, 5.74) is 1.32. The van der Waals surface area contributed by atoms with Gasteiger partial charge in [-0.3, -0.25) is 24.5 Å². The minimum absolute atomic E-state index is 0.123. The summed E-state index contributed by atoms with van der Waals surface area (Å²) in [5, 5.41) is 2.29. The van der Waals surface area contributed by atoms with E-state index in [9.17, 15) is 19.2 Å². The molecule has 1 saturated heterocycles. The molecule has 7 heteroatoms. The fraction of sp³-hybridized carbons (Fsp3) is 0.474. The molecule has 1 N–H and O–H groups in total. The standard InChI is InChI=1S/C19H20N2O5/c22-15-3-1-2-4-16(15)26-12-5-6-13-11(9-12)10-21(19(13)25)14-7-8-17(23)20-18(14)24/h5-6,9,14,16H,1-4,7-8,10H2,(H,20,23,24). The van der Waals surface area contributed by atoms with E-state index in [-0.39, 0.29) is 24.0 Å². The molecule has 0 radical (unpaired) electrons. The number of imide groups is 1. The van der Waals surface area contributed by atoms with Crippen LogP contribution >= 0.6 is 0 Å². The van der Waals surface area contributed by atoms with E-state index in [1.807, 2.05) is 0 Å². The maximum atomic E-state index is 12.6. The molecule has 2 aliphatic heterocycles. The first-order valence-electron chi connectivity index (χ1n) is 9.00. The van der Waals surface area contributed by atoms with E-state index in [0.717, 1.165) is 24.8 Å². The Morgan fingerprint density at radius 2 is 1.88 bits per heavy atom. The number of carbonyl (C=O) groups is 4. The molecule has 0 bridgehead atoms. The molecule has 26 heavy (non-hydrogen) atoms. The van der Waals surface area contributed by atoms with E-state index < -0.39 is 18.1 Å². The number of piperidine rings is 1. The minimum Gasteiger partial charge on any atom is -0.483 e. The zero-order chi connectivity index (χ0) is 18.3. The van der Waals surface area contributed by atoms with E-state index in [0.29, 0.717) is 30.7 Å². The molecule has 2 unspecified atom stereocenters. The van der Waals surface area contributed by atoms with Crippen molar-refractivity contribution in [1.82, 2.24) is 10.2 Å². The van der Waals surface area contributed by atoms with Gasteiger partial charge in [0.1, 0.15) is 11.8 Å². The van der Waals surface area contributed by atoms with Gasteiger partial charge in [-0.25, -0.2) is 0 Å². The van der Waals surface area contributed by atoms with Crippen LogP contribution in [0.4, 0.5) is 0 Å². The number of ketones is 1. The molecule has 2 atom stereocenters. The van der Waals surface area contributed by atoms with Crippen molar-refractivity contribution in [2.24, 2.45) is 0 Å². The highest BCUT2D eigenvalue weighted by atomic mass is 16.5. The van der Waals surface area contributed by atoms with Gasteiger partial charge < -0.3 is 9.64 Å². The predicted molar refractivity (Wildman–Crippen MR) is 90.4 cm³/mol. The zero-order valence-corrected chi connectivity index (χ0v) is 14.3. The van der Waals surface area contributed by atoms with Crippen LogP contribution in [0.1, 0.15) is 54.4 Å². The number of amides is 3. The maximum absolute atomic E-state index is 12.6. The minimum atomic E-state index is -0.628. The van der Waals surface area contributed by atoms with Crippen molar-refractivity contribution in [2.45, 2.75) is 57.2 Å². The van der Waals surface area contributed by atoms with Crippen LogP contribution in [-0.4, -0.2) is 40.6 Å². The second kappa shape index (κ2) is 6.55. The molecule has 2 heterocycles.